The number of nitrogens with one attached hydrogen (secondary N) is 2. The monoisotopic (exact) mass is 449 g/mol. The molecular weight excluding hydrogens is 417 g/mol. The lowest BCUT2D eigenvalue weighted by Crippen LogP contribution is -2.38. The largest absolute Gasteiger partial charge is 0.356 e. The van der Waals surface area contributed by atoms with Gasteiger partial charge in [0.1, 0.15) is 12.2 Å². The topological polar surface area (TPSA) is 70.4 Å². The number of halogens is 1. The van der Waals surface area contributed by atoms with Crippen LogP contribution in [-0.2, 0) is 13.6 Å². The molecule has 0 spiro atoms. The van der Waals surface area contributed by atoms with Crippen molar-refractivity contribution in [3.05, 3.63) is 12.2 Å². The summed E-state index contributed by atoms with van der Waals surface area (Å²) in [6.45, 7) is 7.70. The van der Waals surface area contributed by atoms with Crippen molar-refractivity contribution in [1.82, 2.24) is 30.3 Å². The second-order valence-corrected chi connectivity index (χ2v) is 6.38. The van der Waals surface area contributed by atoms with Crippen molar-refractivity contribution in [2.45, 2.75) is 39.2 Å². The van der Waals surface area contributed by atoms with E-state index in [0.29, 0.717) is 6.54 Å². The average molecular weight is 449 g/mol. The summed E-state index contributed by atoms with van der Waals surface area (Å²) < 4.78 is 1.76. The fraction of sp³-hybridized carbons (Fsp3) is 0.812. The van der Waals surface area contributed by atoms with Gasteiger partial charge in [-0.1, -0.05) is 6.92 Å². The number of aliphatic imine (C=N–C) groups is 1. The van der Waals surface area contributed by atoms with Gasteiger partial charge in [0.2, 0.25) is 0 Å². The van der Waals surface area contributed by atoms with E-state index < -0.39 is 0 Å². The quantitative estimate of drug-likeness (QED) is 0.287. The fourth-order valence-corrected chi connectivity index (χ4v) is 2.82. The average Bonchev–Trinajstić information content (AvgIpc) is 2.97. The number of guanidine groups is 1. The first-order valence-corrected chi connectivity index (χ1v) is 8.68. The van der Waals surface area contributed by atoms with E-state index >= 15 is 0 Å². The van der Waals surface area contributed by atoms with Crippen molar-refractivity contribution in [1.29, 1.82) is 0 Å². The van der Waals surface area contributed by atoms with Crippen LogP contribution in [0.1, 0.15) is 38.4 Å². The Hall–Kier alpha value is -0.900. The van der Waals surface area contributed by atoms with Gasteiger partial charge in [-0.25, -0.2) is 4.98 Å². The predicted octanol–water partition coefficient (Wildman–Crippen LogP) is 1.61. The third-order valence-electron chi connectivity index (χ3n) is 4.51. The third kappa shape index (κ3) is 7.33. The zero-order valence-corrected chi connectivity index (χ0v) is 17.5. The molecule has 1 fully saturated rings. The molecule has 138 valence electrons. The summed E-state index contributed by atoms with van der Waals surface area (Å²) in [5.74, 6) is 2.63. The van der Waals surface area contributed by atoms with Gasteiger partial charge in [-0.3, -0.25) is 9.67 Å². The molecule has 7 nitrogen and oxygen atoms in total. The number of aryl methyl sites for hydroxylation is 1. The molecule has 24 heavy (non-hydrogen) atoms. The van der Waals surface area contributed by atoms with Crippen LogP contribution < -0.4 is 10.6 Å². The zero-order chi connectivity index (χ0) is 16.5. The van der Waals surface area contributed by atoms with E-state index in [4.69, 9.17) is 0 Å². The maximum Gasteiger partial charge on any atom is 0.191 e. The molecule has 0 aliphatic carbocycles. The van der Waals surface area contributed by atoms with Crippen LogP contribution >= 0.6 is 24.0 Å². The Labute approximate surface area is 162 Å². The van der Waals surface area contributed by atoms with Crippen molar-refractivity contribution >= 4 is 29.9 Å². The number of likely N-dealkylation sites (tertiary alicyclic amines) is 1. The molecule has 1 saturated heterocycles. The van der Waals surface area contributed by atoms with Crippen molar-refractivity contribution < 1.29 is 0 Å². The normalized spacial score (nSPS) is 16.7. The number of nitrogens with zero attached hydrogens (tertiary/aromatic N) is 5. The predicted molar refractivity (Wildman–Crippen MR) is 109 cm³/mol. The summed E-state index contributed by atoms with van der Waals surface area (Å²) in [7, 11) is 3.68. The molecular formula is C16H32IN7. The minimum atomic E-state index is 0. The van der Waals surface area contributed by atoms with Crippen LogP contribution in [0, 0.1) is 5.92 Å². The van der Waals surface area contributed by atoms with Gasteiger partial charge in [0.15, 0.2) is 5.96 Å². The summed E-state index contributed by atoms with van der Waals surface area (Å²) in [4.78, 5) is 11.0. The molecule has 8 heteroatoms. The van der Waals surface area contributed by atoms with E-state index in [1.54, 1.807) is 18.1 Å². The molecule has 1 aromatic heterocycles. The first-order chi connectivity index (χ1) is 11.2. The molecule has 0 bridgehead atoms. The number of hydrogen-bond acceptors (Lipinski definition) is 4. The van der Waals surface area contributed by atoms with Crippen LogP contribution in [0.2, 0.25) is 0 Å². The number of aromatic nitrogens is 3. The highest BCUT2D eigenvalue weighted by atomic mass is 127. The maximum absolute atomic E-state index is 4.24. The van der Waals surface area contributed by atoms with Crippen molar-refractivity contribution in [2.75, 3.05) is 33.2 Å². The first-order valence-electron chi connectivity index (χ1n) is 8.68. The summed E-state index contributed by atoms with van der Waals surface area (Å²) >= 11 is 0. The second-order valence-electron chi connectivity index (χ2n) is 6.38. The van der Waals surface area contributed by atoms with Gasteiger partial charge in [0, 0.05) is 20.6 Å². The summed E-state index contributed by atoms with van der Waals surface area (Å²) in [6, 6.07) is 0. The lowest BCUT2D eigenvalue weighted by molar-refractivity contribution is 0.189. The minimum Gasteiger partial charge on any atom is -0.356 e. The van der Waals surface area contributed by atoms with Gasteiger partial charge in [-0.15, -0.1) is 24.0 Å². The van der Waals surface area contributed by atoms with Crippen LogP contribution in [0.3, 0.4) is 0 Å². The molecule has 2 rings (SSSR count). The minimum absolute atomic E-state index is 0. The van der Waals surface area contributed by atoms with Crippen LogP contribution in [0.25, 0.3) is 0 Å². The lowest BCUT2D eigenvalue weighted by Gasteiger charge is -2.30. The van der Waals surface area contributed by atoms with E-state index in [1.807, 2.05) is 7.05 Å². The van der Waals surface area contributed by atoms with Crippen molar-refractivity contribution in [2.24, 2.45) is 18.0 Å². The molecule has 2 N–H and O–H groups in total. The zero-order valence-electron chi connectivity index (χ0n) is 15.2. The fourth-order valence-electron chi connectivity index (χ4n) is 2.82. The Balaban J connectivity index is 0.00000288. The highest BCUT2D eigenvalue weighted by Crippen LogP contribution is 2.15. The van der Waals surface area contributed by atoms with Crippen LogP contribution in [0.15, 0.2) is 11.3 Å². The van der Waals surface area contributed by atoms with Gasteiger partial charge < -0.3 is 15.5 Å². The molecule has 1 aromatic rings. The molecule has 0 amide bonds. The van der Waals surface area contributed by atoms with Gasteiger partial charge in [0.25, 0.3) is 0 Å². The maximum atomic E-state index is 4.24. The van der Waals surface area contributed by atoms with E-state index in [9.17, 15) is 0 Å². The Bertz CT molecular complexity index is 481. The molecule has 0 aromatic carbocycles. The highest BCUT2D eigenvalue weighted by molar-refractivity contribution is 14.0. The van der Waals surface area contributed by atoms with Gasteiger partial charge >= 0.3 is 0 Å². The number of hydrogen-bond donors (Lipinski definition) is 2. The summed E-state index contributed by atoms with van der Waals surface area (Å²) in [5.41, 5.74) is 0. The molecule has 1 aliphatic heterocycles. The van der Waals surface area contributed by atoms with Gasteiger partial charge in [-0.2, -0.15) is 5.10 Å². The molecule has 0 atom stereocenters. The van der Waals surface area contributed by atoms with Crippen molar-refractivity contribution in [3.8, 4) is 0 Å². The number of unbranched alkanes of at least 4 members (excludes halogenated alkanes) is 1. The third-order valence-corrected chi connectivity index (χ3v) is 4.51. The van der Waals surface area contributed by atoms with Gasteiger partial charge in [0.05, 0.1) is 6.54 Å². The SMILES string of the molecule is CN=C(NCCCCN1CCC(C)CC1)NCc1ncnn1C.I. The van der Waals surface area contributed by atoms with Crippen LogP contribution in [-0.4, -0.2) is 58.9 Å². The number of rotatable bonds is 7. The van der Waals surface area contributed by atoms with E-state index in [2.05, 4.69) is 37.5 Å². The van der Waals surface area contributed by atoms with Crippen molar-refractivity contribution in [3.63, 3.8) is 0 Å². The molecule has 0 radical (unpaired) electrons. The molecule has 0 saturated carbocycles. The Morgan fingerprint density at radius 3 is 2.67 bits per heavy atom. The summed E-state index contributed by atoms with van der Waals surface area (Å²) in [6.07, 6.45) is 6.68. The second kappa shape index (κ2) is 11.6. The van der Waals surface area contributed by atoms with Crippen LogP contribution in [0.5, 0.6) is 0 Å². The Morgan fingerprint density at radius 1 is 1.29 bits per heavy atom. The Kier molecular flexibility index (Phi) is 10.2. The van der Waals surface area contributed by atoms with E-state index in [-0.39, 0.29) is 24.0 Å². The number of piperidine rings is 1. The van der Waals surface area contributed by atoms with E-state index in [1.165, 1.54) is 38.9 Å². The first kappa shape index (κ1) is 21.1. The molecule has 1 aliphatic rings. The van der Waals surface area contributed by atoms with E-state index in [0.717, 1.165) is 30.7 Å². The lowest BCUT2D eigenvalue weighted by atomic mass is 9.99. The standard InChI is InChI=1S/C16H31N7.HI/c1-14-6-10-23(11-7-14)9-5-4-8-18-16(17-2)19-12-15-20-13-21-22(15)3;/h13-14H,4-12H2,1-3H3,(H2,17,18,19);1H. The molecule has 2 heterocycles. The smallest absolute Gasteiger partial charge is 0.191 e. The molecule has 0 unspecified atom stereocenters. The highest BCUT2D eigenvalue weighted by Gasteiger charge is 2.14. The Morgan fingerprint density at radius 2 is 2.04 bits per heavy atom. The van der Waals surface area contributed by atoms with Gasteiger partial charge in [-0.05, 0) is 51.2 Å². The summed E-state index contributed by atoms with van der Waals surface area (Å²) in [5, 5.41) is 10.7. The van der Waals surface area contributed by atoms with Crippen LogP contribution in [0.4, 0.5) is 0 Å².